The van der Waals surface area contributed by atoms with Crippen LogP contribution < -0.4 is 10.3 Å². The molecule has 4 nitrogen and oxygen atoms in total. The second kappa shape index (κ2) is 15.1. The Bertz CT molecular complexity index is 1390. The number of aryl methyl sites for hydroxylation is 1. The molecule has 0 fully saturated rings. The van der Waals surface area contributed by atoms with E-state index in [9.17, 15) is 0 Å². The summed E-state index contributed by atoms with van der Waals surface area (Å²) in [6.07, 6.45) is 9.61. The molecule has 188 valence electrons. The van der Waals surface area contributed by atoms with E-state index in [1.807, 2.05) is 152 Å². The summed E-state index contributed by atoms with van der Waals surface area (Å²) in [5, 5.41) is 18.4. The van der Waals surface area contributed by atoms with Crippen LogP contribution in [0, 0.1) is 18.3 Å². The van der Waals surface area contributed by atoms with Gasteiger partial charge in [0.2, 0.25) is 0 Å². The van der Waals surface area contributed by atoms with E-state index < -0.39 is 0 Å². The lowest BCUT2D eigenvalue weighted by molar-refractivity contribution is 1.03. The van der Waals surface area contributed by atoms with Crippen molar-refractivity contribution in [1.82, 2.24) is 0 Å². The maximum atomic E-state index is 8.38. The molecule has 0 bridgehead atoms. The minimum atomic E-state index is 0.723. The molecule has 0 aliphatic rings. The highest BCUT2D eigenvalue weighted by atomic mass is 15.5. The van der Waals surface area contributed by atoms with Crippen LogP contribution in [0.3, 0.4) is 0 Å². The Morgan fingerprint density at radius 2 is 1.45 bits per heavy atom. The molecule has 4 aromatic carbocycles. The normalized spacial score (nSPS) is 10.9. The van der Waals surface area contributed by atoms with Gasteiger partial charge in [-0.25, -0.2) is 5.01 Å². The van der Waals surface area contributed by atoms with Crippen molar-refractivity contribution in [2.75, 3.05) is 10.3 Å². The third kappa shape index (κ3) is 8.82. The quantitative estimate of drug-likeness (QED) is 0.151. The van der Waals surface area contributed by atoms with Gasteiger partial charge in [0.25, 0.3) is 0 Å². The van der Waals surface area contributed by atoms with Crippen molar-refractivity contribution in [3.63, 3.8) is 0 Å². The molecule has 0 aliphatic carbocycles. The molecule has 0 radical (unpaired) electrons. The average molecular weight is 497 g/mol. The molecule has 0 aromatic heterocycles. The fraction of sp³-hybridized carbons (Fsp3) is 0.0588. The van der Waals surface area contributed by atoms with E-state index >= 15 is 0 Å². The number of benzene rings is 4. The number of anilines is 3. The van der Waals surface area contributed by atoms with Gasteiger partial charge >= 0.3 is 0 Å². The number of hydrogen-bond donors (Lipinski definition) is 1. The van der Waals surface area contributed by atoms with Crippen molar-refractivity contribution < 1.29 is 0 Å². The summed E-state index contributed by atoms with van der Waals surface area (Å²) in [6.45, 7) is 7.93. The zero-order valence-electron chi connectivity index (χ0n) is 21.8. The second-order valence-corrected chi connectivity index (χ2v) is 8.30. The molecule has 0 saturated heterocycles. The van der Waals surface area contributed by atoms with E-state index in [2.05, 4.69) is 18.0 Å². The van der Waals surface area contributed by atoms with E-state index in [4.69, 9.17) is 10.4 Å². The number of rotatable bonds is 8. The fourth-order valence-electron chi connectivity index (χ4n) is 3.36. The van der Waals surface area contributed by atoms with Crippen LogP contribution in [0.2, 0.25) is 0 Å². The minimum Gasteiger partial charge on any atom is -0.356 e. The summed E-state index contributed by atoms with van der Waals surface area (Å²) < 4.78 is 0. The van der Waals surface area contributed by atoms with Crippen molar-refractivity contribution >= 4 is 23.3 Å². The summed E-state index contributed by atoms with van der Waals surface area (Å²) >= 11 is 0. The summed E-state index contributed by atoms with van der Waals surface area (Å²) in [4.78, 5) is 0. The predicted molar refractivity (Wildman–Crippen MR) is 162 cm³/mol. The maximum Gasteiger partial charge on any atom is 0.0991 e. The first-order valence-corrected chi connectivity index (χ1v) is 12.4. The van der Waals surface area contributed by atoms with Crippen molar-refractivity contribution in [2.45, 2.75) is 13.8 Å². The standard InChI is InChI=1S/C26H25N3.C8H7N/c1-3-5-14-25(4-2)29(26-15-10-7-11-16-26)27-21-22-17-19-24(20-18-22)28-23-12-8-6-9-13-23;1-7-2-4-8(6-9)5-3-7/h3-21,28H,2H2,1H3;2-5H,1H3/b5-3-,25-14+,27-21?;. The Morgan fingerprint density at radius 1 is 0.842 bits per heavy atom. The highest BCUT2D eigenvalue weighted by Gasteiger charge is 2.07. The number of nitrogens with zero attached hydrogens (tertiary/aromatic N) is 3. The van der Waals surface area contributed by atoms with Gasteiger partial charge in [0, 0.05) is 11.4 Å². The van der Waals surface area contributed by atoms with Crippen LogP contribution in [0.1, 0.15) is 23.6 Å². The third-order valence-corrected chi connectivity index (χ3v) is 5.39. The molecule has 4 aromatic rings. The number of nitrogens with one attached hydrogen (secondary N) is 1. The van der Waals surface area contributed by atoms with E-state index in [0.29, 0.717) is 0 Å². The highest BCUT2D eigenvalue weighted by molar-refractivity contribution is 5.82. The number of nitriles is 1. The topological polar surface area (TPSA) is 51.4 Å². The Balaban J connectivity index is 0.000000375. The lowest BCUT2D eigenvalue weighted by Crippen LogP contribution is -2.14. The largest absolute Gasteiger partial charge is 0.356 e. The van der Waals surface area contributed by atoms with E-state index in [1.54, 1.807) is 6.08 Å². The van der Waals surface area contributed by atoms with Gasteiger partial charge in [-0.3, -0.25) is 0 Å². The minimum absolute atomic E-state index is 0.723. The van der Waals surface area contributed by atoms with E-state index in [-0.39, 0.29) is 0 Å². The van der Waals surface area contributed by atoms with Crippen LogP contribution in [-0.4, -0.2) is 6.21 Å². The lowest BCUT2D eigenvalue weighted by atomic mass is 10.2. The van der Waals surface area contributed by atoms with Gasteiger partial charge in [-0.1, -0.05) is 85.0 Å². The number of para-hydroxylation sites is 2. The Kier molecular flexibility index (Phi) is 10.9. The fourth-order valence-corrected chi connectivity index (χ4v) is 3.36. The van der Waals surface area contributed by atoms with Crippen molar-refractivity contribution in [3.05, 3.63) is 162 Å². The van der Waals surface area contributed by atoms with Gasteiger partial charge in [-0.2, -0.15) is 10.4 Å². The van der Waals surface area contributed by atoms with Gasteiger partial charge < -0.3 is 5.32 Å². The van der Waals surface area contributed by atoms with E-state index in [1.165, 1.54) is 5.56 Å². The zero-order chi connectivity index (χ0) is 27.0. The van der Waals surface area contributed by atoms with E-state index in [0.717, 1.165) is 33.9 Å². The molecule has 0 amide bonds. The van der Waals surface area contributed by atoms with Crippen LogP contribution in [0.5, 0.6) is 0 Å². The van der Waals surface area contributed by atoms with Gasteiger partial charge in [-0.05, 0) is 80.1 Å². The predicted octanol–water partition coefficient (Wildman–Crippen LogP) is 8.78. The van der Waals surface area contributed by atoms with Crippen LogP contribution >= 0.6 is 0 Å². The first-order valence-electron chi connectivity index (χ1n) is 12.4. The first kappa shape index (κ1) is 27.4. The van der Waals surface area contributed by atoms with Gasteiger partial charge in [0.15, 0.2) is 0 Å². The summed E-state index contributed by atoms with van der Waals surface area (Å²) in [5.74, 6) is 0. The van der Waals surface area contributed by atoms with Gasteiger partial charge in [0.1, 0.15) is 0 Å². The Morgan fingerprint density at radius 3 is 2.03 bits per heavy atom. The zero-order valence-corrected chi connectivity index (χ0v) is 21.8. The van der Waals surface area contributed by atoms with Crippen molar-refractivity contribution in [3.8, 4) is 6.07 Å². The number of hydrogen-bond acceptors (Lipinski definition) is 4. The van der Waals surface area contributed by atoms with Crippen molar-refractivity contribution in [2.24, 2.45) is 5.10 Å². The van der Waals surface area contributed by atoms with Gasteiger partial charge in [0.05, 0.1) is 29.2 Å². The molecule has 0 unspecified atom stereocenters. The maximum absolute atomic E-state index is 8.38. The monoisotopic (exact) mass is 496 g/mol. The SMILES string of the molecule is C=C/C(=C\C=C/C)N(N=Cc1ccc(Nc2ccccc2)cc1)c1ccccc1.Cc1ccc(C#N)cc1. The first-order chi connectivity index (χ1) is 18.6. The van der Waals surface area contributed by atoms with Crippen LogP contribution in [0.25, 0.3) is 0 Å². The molecular formula is C34H32N4. The Hall–Kier alpha value is -5.14. The molecule has 0 atom stereocenters. The second-order valence-electron chi connectivity index (χ2n) is 8.30. The molecule has 1 N–H and O–H groups in total. The number of allylic oxidation sites excluding steroid dienone is 4. The molecule has 38 heavy (non-hydrogen) atoms. The van der Waals surface area contributed by atoms with Crippen LogP contribution in [-0.2, 0) is 0 Å². The number of hydrazone groups is 1. The van der Waals surface area contributed by atoms with Crippen LogP contribution in [0.4, 0.5) is 17.1 Å². The molecule has 0 heterocycles. The highest BCUT2D eigenvalue weighted by Crippen LogP contribution is 2.21. The Labute approximate surface area is 226 Å². The molecule has 0 saturated carbocycles. The van der Waals surface area contributed by atoms with Crippen LogP contribution in [0.15, 0.2) is 151 Å². The lowest BCUT2D eigenvalue weighted by Gasteiger charge is -2.20. The molecule has 4 heteroatoms. The van der Waals surface area contributed by atoms with Gasteiger partial charge in [-0.15, -0.1) is 0 Å². The summed E-state index contributed by atoms with van der Waals surface area (Å²) in [6, 6.07) is 37.9. The molecule has 4 rings (SSSR count). The third-order valence-electron chi connectivity index (χ3n) is 5.39. The molecule has 0 aliphatic heterocycles. The molecular weight excluding hydrogens is 464 g/mol. The summed E-state index contributed by atoms with van der Waals surface area (Å²) in [7, 11) is 0. The molecule has 0 spiro atoms. The average Bonchev–Trinajstić information content (AvgIpc) is 2.97. The van der Waals surface area contributed by atoms with Crippen molar-refractivity contribution in [1.29, 1.82) is 5.26 Å². The summed E-state index contributed by atoms with van der Waals surface area (Å²) in [5.41, 5.74) is 6.89. The smallest absolute Gasteiger partial charge is 0.0991 e.